The van der Waals surface area contributed by atoms with Crippen LogP contribution < -0.4 is 0 Å². The third-order valence-corrected chi connectivity index (χ3v) is 5.19. The lowest BCUT2D eigenvalue weighted by molar-refractivity contribution is -0.144. The molecule has 31 heavy (non-hydrogen) atoms. The van der Waals surface area contributed by atoms with Gasteiger partial charge in [-0.1, -0.05) is 29.8 Å². The van der Waals surface area contributed by atoms with E-state index in [2.05, 4.69) is 4.74 Å². The molecule has 0 fully saturated rings. The zero-order chi connectivity index (χ0) is 22.7. The largest absolute Gasteiger partial charge is 0.463 e. The van der Waals surface area contributed by atoms with Gasteiger partial charge in [-0.25, -0.2) is 9.59 Å². The molecule has 1 atom stereocenters. The van der Waals surface area contributed by atoms with Crippen molar-refractivity contribution in [2.45, 2.75) is 52.7 Å². The molecule has 0 N–H and O–H groups in total. The van der Waals surface area contributed by atoms with E-state index in [1.807, 2.05) is 31.2 Å². The number of esters is 2. The maximum atomic E-state index is 13.1. The van der Waals surface area contributed by atoms with Crippen LogP contribution in [0.25, 0.3) is 0 Å². The van der Waals surface area contributed by atoms with Gasteiger partial charge < -0.3 is 18.8 Å². The zero-order valence-corrected chi connectivity index (χ0v) is 18.4. The second-order valence-electron chi connectivity index (χ2n) is 7.86. The van der Waals surface area contributed by atoms with Crippen molar-refractivity contribution in [1.82, 2.24) is 4.90 Å². The molecule has 1 aliphatic rings. The molecule has 1 aliphatic heterocycles. The van der Waals surface area contributed by atoms with Gasteiger partial charge in [0.05, 0.1) is 25.3 Å². The van der Waals surface area contributed by atoms with Gasteiger partial charge in [0.2, 0.25) is 11.7 Å². The lowest BCUT2D eigenvalue weighted by atomic mass is 9.83. The summed E-state index contributed by atoms with van der Waals surface area (Å²) in [4.78, 5) is 39.2. The van der Waals surface area contributed by atoms with Crippen LogP contribution in [0.5, 0.6) is 0 Å². The van der Waals surface area contributed by atoms with Crippen molar-refractivity contribution in [3.63, 3.8) is 0 Å². The number of furan rings is 1. The SMILES string of the molecule is COC(=O)c1ccc(CN2C(=O)C[C@@H](c3cccc(C)c3)C(C(=O)OC(C)C)=C2C)o1. The predicted octanol–water partition coefficient (Wildman–Crippen LogP) is 4.12. The van der Waals surface area contributed by atoms with Crippen LogP contribution in [0, 0.1) is 6.92 Å². The van der Waals surface area contributed by atoms with E-state index < -0.39 is 17.9 Å². The van der Waals surface area contributed by atoms with E-state index in [-0.39, 0.29) is 30.7 Å². The molecule has 0 bridgehead atoms. The maximum Gasteiger partial charge on any atom is 0.373 e. The molecule has 1 amide bonds. The van der Waals surface area contributed by atoms with Gasteiger partial charge in [0.25, 0.3) is 0 Å². The molecule has 3 rings (SSSR count). The number of nitrogens with zero attached hydrogens (tertiary/aromatic N) is 1. The molecular weight excluding hydrogens is 398 g/mol. The van der Waals surface area contributed by atoms with Gasteiger partial charge in [-0.2, -0.15) is 0 Å². The van der Waals surface area contributed by atoms with Crippen molar-refractivity contribution in [1.29, 1.82) is 0 Å². The standard InChI is InChI=1S/C24H27NO6/c1-14(2)30-24(28)22-16(4)25(13-18-9-10-20(31-18)23(27)29-5)21(26)12-19(22)17-8-6-7-15(3)11-17/h6-11,14,19H,12-13H2,1-5H3/t19-/m0/s1. The highest BCUT2D eigenvalue weighted by molar-refractivity contribution is 5.96. The van der Waals surface area contributed by atoms with Gasteiger partial charge in [0, 0.05) is 18.0 Å². The molecule has 0 aliphatic carbocycles. The molecular formula is C24H27NO6. The fourth-order valence-electron chi connectivity index (χ4n) is 3.75. The number of benzene rings is 1. The fraction of sp³-hybridized carbons (Fsp3) is 0.375. The minimum atomic E-state index is -0.593. The first-order valence-electron chi connectivity index (χ1n) is 10.2. The smallest absolute Gasteiger partial charge is 0.373 e. The van der Waals surface area contributed by atoms with Crippen LogP contribution in [0.1, 0.15) is 60.6 Å². The summed E-state index contributed by atoms with van der Waals surface area (Å²) < 4.78 is 15.7. The van der Waals surface area contributed by atoms with Crippen LogP contribution in [0.2, 0.25) is 0 Å². The van der Waals surface area contributed by atoms with E-state index in [1.54, 1.807) is 26.8 Å². The summed E-state index contributed by atoms with van der Waals surface area (Å²) in [7, 11) is 1.27. The lowest BCUT2D eigenvalue weighted by Crippen LogP contribution is -2.38. The van der Waals surface area contributed by atoms with E-state index in [1.165, 1.54) is 18.1 Å². The summed E-state index contributed by atoms with van der Waals surface area (Å²) in [6.45, 7) is 7.39. The Bertz CT molecular complexity index is 1030. The van der Waals surface area contributed by atoms with E-state index in [0.29, 0.717) is 17.0 Å². The highest BCUT2D eigenvalue weighted by Crippen LogP contribution is 2.38. The van der Waals surface area contributed by atoms with E-state index in [4.69, 9.17) is 9.15 Å². The van der Waals surface area contributed by atoms with Gasteiger partial charge in [-0.15, -0.1) is 0 Å². The average molecular weight is 425 g/mol. The van der Waals surface area contributed by atoms with Crippen LogP contribution in [-0.2, 0) is 25.6 Å². The minimum absolute atomic E-state index is 0.0562. The van der Waals surface area contributed by atoms with Crippen molar-refractivity contribution in [3.05, 3.63) is 70.3 Å². The number of rotatable bonds is 6. The first-order chi connectivity index (χ1) is 14.7. The lowest BCUT2D eigenvalue weighted by Gasteiger charge is -2.34. The van der Waals surface area contributed by atoms with Crippen LogP contribution in [0.4, 0.5) is 0 Å². The second-order valence-corrected chi connectivity index (χ2v) is 7.86. The van der Waals surface area contributed by atoms with Crippen LogP contribution in [-0.4, -0.2) is 36.0 Å². The first-order valence-corrected chi connectivity index (χ1v) is 10.2. The summed E-state index contributed by atoms with van der Waals surface area (Å²) >= 11 is 0. The van der Waals surface area contributed by atoms with Crippen LogP contribution in [0.15, 0.2) is 52.1 Å². The molecule has 2 aromatic rings. The summed E-state index contributed by atoms with van der Waals surface area (Å²) in [5, 5.41) is 0. The van der Waals surface area contributed by atoms with E-state index in [0.717, 1.165) is 11.1 Å². The molecule has 7 heteroatoms. The Hall–Kier alpha value is -3.35. The normalized spacial score (nSPS) is 16.6. The number of carbonyl (C=O) groups is 3. The van der Waals surface area contributed by atoms with Crippen molar-refractivity contribution in [3.8, 4) is 0 Å². The number of ether oxygens (including phenoxy) is 2. The van der Waals surface area contributed by atoms with E-state index >= 15 is 0 Å². The summed E-state index contributed by atoms with van der Waals surface area (Å²) in [5.74, 6) is -1.09. The molecule has 7 nitrogen and oxygen atoms in total. The Morgan fingerprint density at radius 3 is 2.55 bits per heavy atom. The summed E-state index contributed by atoms with van der Waals surface area (Å²) in [5.41, 5.74) is 2.92. The molecule has 0 unspecified atom stereocenters. The quantitative estimate of drug-likeness (QED) is 0.647. The minimum Gasteiger partial charge on any atom is -0.463 e. The van der Waals surface area contributed by atoms with Gasteiger partial charge in [0.15, 0.2) is 0 Å². The molecule has 164 valence electrons. The molecule has 0 spiro atoms. The highest BCUT2D eigenvalue weighted by atomic mass is 16.5. The van der Waals surface area contributed by atoms with Crippen LogP contribution >= 0.6 is 0 Å². The number of amides is 1. The number of hydrogen-bond donors (Lipinski definition) is 0. The second kappa shape index (κ2) is 9.20. The predicted molar refractivity (Wildman–Crippen MR) is 113 cm³/mol. The monoisotopic (exact) mass is 425 g/mol. The Labute approximate surface area is 181 Å². The third kappa shape index (κ3) is 4.87. The van der Waals surface area contributed by atoms with Crippen molar-refractivity contribution in [2.75, 3.05) is 7.11 Å². The van der Waals surface area contributed by atoms with Gasteiger partial charge >= 0.3 is 11.9 Å². The van der Waals surface area contributed by atoms with Gasteiger partial charge in [-0.05, 0) is 45.4 Å². The maximum absolute atomic E-state index is 13.1. The van der Waals surface area contributed by atoms with Gasteiger partial charge in [0.1, 0.15) is 5.76 Å². The Balaban J connectivity index is 2.00. The Kier molecular flexibility index (Phi) is 6.63. The van der Waals surface area contributed by atoms with E-state index in [9.17, 15) is 14.4 Å². The number of methoxy groups -OCH3 is 1. The van der Waals surface area contributed by atoms with Crippen molar-refractivity contribution < 1.29 is 28.3 Å². The van der Waals surface area contributed by atoms with Gasteiger partial charge in [-0.3, -0.25) is 4.79 Å². The molecule has 1 aromatic carbocycles. The number of allylic oxidation sites excluding steroid dienone is 1. The van der Waals surface area contributed by atoms with Crippen molar-refractivity contribution >= 4 is 17.8 Å². The number of carbonyl (C=O) groups excluding carboxylic acids is 3. The zero-order valence-electron chi connectivity index (χ0n) is 18.4. The van der Waals surface area contributed by atoms with Crippen LogP contribution in [0.3, 0.4) is 0 Å². The third-order valence-electron chi connectivity index (χ3n) is 5.19. The molecule has 2 heterocycles. The molecule has 0 radical (unpaired) electrons. The molecule has 1 aromatic heterocycles. The topological polar surface area (TPSA) is 86.0 Å². The summed E-state index contributed by atoms with van der Waals surface area (Å²) in [6, 6.07) is 10.9. The number of hydrogen-bond acceptors (Lipinski definition) is 6. The molecule has 0 saturated heterocycles. The Morgan fingerprint density at radius 2 is 1.90 bits per heavy atom. The first kappa shape index (κ1) is 22.3. The fourth-order valence-corrected chi connectivity index (χ4v) is 3.75. The Morgan fingerprint density at radius 1 is 1.16 bits per heavy atom. The number of aryl methyl sites for hydroxylation is 1. The van der Waals surface area contributed by atoms with Crippen molar-refractivity contribution in [2.24, 2.45) is 0 Å². The highest BCUT2D eigenvalue weighted by Gasteiger charge is 2.37. The molecule has 0 saturated carbocycles. The summed E-state index contributed by atoms with van der Waals surface area (Å²) in [6.07, 6.45) is -0.154. The average Bonchev–Trinajstić information content (AvgIpc) is 3.18.